The molecule has 1 aliphatic carbocycles. The van der Waals surface area contributed by atoms with Crippen LogP contribution in [0.25, 0.3) is 0 Å². The van der Waals surface area contributed by atoms with Gasteiger partial charge < -0.3 is 19.5 Å². The Kier molecular flexibility index (Phi) is 9.27. The lowest BCUT2D eigenvalue weighted by Crippen LogP contribution is -2.34. The second kappa shape index (κ2) is 12.0. The van der Waals surface area contributed by atoms with E-state index in [1.807, 2.05) is 6.92 Å². The van der Waals surface area contributed by atoms with E-state index in [-0.39, 0.29) is 16.4 Å². The molecule has 2 N–H and O–H groups in total. The second-order valence-corrected chi connectivity index (χ2v) is 11.0. The molecule has 1 unspecified atom stereocenters. The number of rotatable bonds is 8. The summed E-state index contributed by atoms with van der Waals surface area (Å²) >= 11 is 6.92. The van der Waals surface area contributed by atoms with Crippen molar-refractivity contribution in [1.29, 1.82) is 0 Å². The number of anilines is 1. The van der Waals surface area contributed by atoms with Crippen LogP contribution in [0.4, 0.5) is 5.00 Å². The van der Waals surface area contributed by atoms with Gasteiger partial charge in [-0.15, -0.1) is 11.3 Å². The number of amides is 1. The fraction of sp³-hybridized carbons (Fsp3) is 0.500. The van der Waals surface area contributed by atoms with Gasteiger partial charge in [0.05, 0.1) is 19.3 Å². The van der Waals surface area contributed by atoms with Gasteiger partial charge in [0.25, 0.3) is 5.91 Å². The molecule has 35 heavy (non-hydrogen) atoms. The third kappa shape index (κ3) is 7.02. The highest BCUT2D eigenvalue weighted by atomic mass is 32.1. The number of fused-ring (bicyclic) bond motifs is 1. The van der Waals surface area contributed by atoms with Crippen molar-refractivity contribution in [2.45, 2.75) is 47.0 Å². The van der Waals surface area contributed by atoms with Crippen molar-refractivity contribution < 1.29 is 23.8 Å². The van der Waals surface area contributed by atoms with Crippen LogP contribution in [0.15, 0.2) is 24.3 Å². The van der Waals surface area contributed by atoms with Crippen LogP contribution in [0.2, 0.25) is 0 Å². The van der Waals surface area contributed by atoms with Crippen LogP contribution in [-0.2, 0) is 22.3 Å². The van der Waals surface area contributed by atoms with E-state index in [0.29, 0.717) is 47.6 Å². The first kappa shape index (κ1) is 27.1. The Balaban J connectivity index is 1.70. The van der Waals surface area contributed by atoms with Crippen LogP contribution in [0.3, 0.4) is 0 Å². The molecule has 9 heteroatoms. The van der Waals surface area contributed by atoms with E-state index in [1.54, 1.807) is 24.3 Å². The van der Waals surface area contributed by atoms with E-state index in [1.165, 1.54) is 23.3 Å². The van der Waals surface area contributed by atoms with Crippen LogP contribution >= 0.6 is 23.6 Å². The molecule has 0 saturated carbocycles. The summed E-state index contributed by atoms with van der Waals surface area (Å²) in [6.07, 6.45) is 2.74. The Hall–Kier alpha value is -2.49. The summed E-state index contributed by atoms with van der Waals surface area (Å²) in [5, 5.41) is 6.50. The molecule has 2 aromatic rings. The number of benzene rings is 1. The van der Waals surface area contributed by atoms with Crippen molar-refractivity contribution in [2.75, 3.05) is 32.2 Å². The Morgan fingerprint density at radius 3 is 2.69 bits per heavy atom. The molecule has 0 radical (unpaired) electrons. The third-order valence-electron chi connectivity index (χ3n) is 6.13. The number of thiophene rings is 1. The van der Waals surface area contributed by atoms with E-state index >= 15 is 0 Å². The number of esters is 1. The summed E-state index contributed by atoms with van der Waals surface area (Å²) in [4.78, 5) is 26.6. The minimum atomic E-state index is -0.398. The lowest BCUT2D eigenvalue weighted by molar-refractivity contribution is 0.0600. The molecule has 1 aromatic carbocycles. The highest BCUT2D eigenvalue weighted by molar-refractivity contribution is 7.80. The summed E-state index contributed by atoms with van der Waals surface area (Å²) in [7, 11) is 1.38. The van der Waals surface area contributed by atoms with Gasteiger partial charge in [0.15, 0.2) is 5.11 Å². The summed E-state index contributed by atoms with van der Waals surface area (Å²) in [6, 6.07) is 6.86. The van der Waals surface area contributed by atoms with Gasteiger partial charge in [-0.05, 0) is 73.5 Å². The summed E-state index contributed by atoms with van der Waals surface area (Å²) in [6.45, 7) is 10.2. The fourth-order valence-electron chi connectivity index (χ4n) is 4.13. The monoisotopic (exact) mass is 518 g/mol. The highest BCUT2D eigenvalue weighted by Gasteiger charge is 2.34. The summed E-state index contributed by atoms with van der Waals surface area (Å²) < 4.78 is 16.0. The van der Waals surface area contributed by atoms with Gasteiger partial charge in [0, 0.05) is 17.0 Å². The zero-order chi connectivity index (χ0) is 25.6. The normalized spacial score (nSPS) is 15.2. The Morgan fingerprint density at radius 1 is 1.23 bits per heavy atom. The molecule has 0 spiro atoms. The van der Waals surface area contributed by atoms with Crippen molar-refractivity contribution in [2.24, 2.45) is 11.3 Å². The fourth-order valence-corrected chi connectivity index (χ4v) is 5.71. The quantitative estimate of drug-likeness (QED) is 0.281. The van der Waals surface area contributed by atoms with E-state index in [9.17, 15) is 9.59 Å². The zero-order valence-electron chi connectivity index (χ0n) is 21.0. The standard InChI is InChI=1S/C26H34N2O5S2/c1-6-32-12-13-33-18-9-7-8-16(14-18)22(29)27-25(34)28-23-21(24(30)31-5)19-11-10-17(26(2,3)4)15-20(19)35-23/h7-9,14,17H,6,10-13,15H2,1-5H3,(H2,27,28,29,34). The number of hydrogen-bond donors (Lipinski definition) is 2. The first-order valence-corrected chi connectivity index (χ1v) is 13.0. The van der Waals surface area contributed by atoms with Gasteiger partial charge in [0.1, 0.15) is 17.4 Å². The number of methoxy groups -OCH3 is 1. The molecule has 190 valence electrons. The van der Waals surface area contributed by atoms with E-state index in [4.69, 9.17) is 26.4 Å². The first-order valence-electron chi connectivity index (χ1n) is 11.8. The van der Waals surface area contributed by atoms with Crippen LogP contribution < -0.4 is 15.4 Å². The highest BCUT2D eigenvalue weighted by Crippen LogP contribution is 2.44. The van der Waals surface area contributed by atoms with E-state index in [2.05, 4.69) is 31.4 Å². The van der Waals surface area contributed by atoms with Gasteiger partial charge >= 0.3 is 5.97 Å². The minimum Gasteiger partial charge on any atom is -0.491 e. The predicted octanol–water partition coefficient (Wildman–Crippen LogP) is 5.23. The number of thiocarbonyl (C=S) groups is 1. The minimum absolute atomic E-state index is 0.119. The van der Waals surface area contributed by atoms with Crippen molar-refractivity contribution in [3.05, 3.63) is 45.8 Å². The lowest BCUT2D eigenvalue weighted by atomic mass is 9.72. The Bertz CT molecular complexity index is 1070. The van der Waals surface area contributed by atoms with Crippen molar-refractivity contribution in [1.82, 2.24) is 5.32 Å². The van der Waals surface area contributed by atoms with Crippen LogP contribution in [0.5, 0.6) is 5.75 Å². The molecular weight excluding hydrogens is 484 g/mol. The van der Waals surface area contributed by atoms with Crippen LogP contribution in [0, 0.1) is 11.3 Å². The molecule has 0 saturated heterocycles. The maximum absolute atomic E-state index is 12.8. The van der Waals surface area contributed by atoms with Gasteiger partial charge in [-0.2, -0.15) is 0 Å². The molecule has 0 bridgehead atoms. The zero-order valence-corrected chi connectivity index (χ0v) is 22.6. The average molecular weight is 519 g/mol. The van der Waals surface area contributed by atoms with E-state index < -0.39 is 5.97 Å². The number of hydrogen-bond acceptors (Lipinski definition) is 7. The predicted molar refractivity (Wildman–Crippen MR) is 143 cm³/mol. The van der Waals surface area contributed by atoms with E-state index in [0.717, 1.165) is 24.8 Å². The molecule has 3 rings (SSSR count). The van der Waals surface area contributed by atoms with Gasteiger partial charge in [-0.1, -0.05) is 26.8 Å². The Morgan fingerprint density at radius 2 is 2.00 bits per heavy atom. The Labute approximate surface area is 216 Å². The van der Waals surface area contributed by atoms with Crippen molar-refractivity contribution >= 4 is 45.5 Å². The van der Waals surface area contributed by atoms with Gasteiger partial charge in [0.2, 0.25) is 0 Å². The maximum atomic E-state index is 12.8. The molecular formula is C26H34N2O5S2. The lowest BCUT2D eigenvalue weighted by Gasteiger charge is -2.33. The number of carbonyl (C=O) groups is 2. The molecule has 1 amide bonds. The molecule has 1 atom stereocenters. The van der Waals surface area contributed by atoms with Crippen molar-refractivity contribution in [3.8, 4) is 5.75 Å². The SMILES string of the molecule is CCOCCOc1cccc(C(=O)NC(=S)Nc2sc3c(c2C(=O)OC)CCC(C(C)(C)C)C3)c1. The molecule has 1 aromatic heterocycles. The summed E-state index contributed by atoms with van der Waals surface area (Å²) in [5.41, 5.74) is 2.14. The van der Waals surface area contributed by atoms with Gasteiger partial charge in [-0.25, -0.2) is 4.79 Å². The topological polar surface area (TPSA) is 85.9 Å². The maximum Gasteiger partial charge on any atom is 0.341 e. The van der Waals surface area contributed by atoms with Gasteiger partial charge in [-0.3, -0.25) is 10.1 Å². The van der Waals surface area contributed by atoms with Crippen molar-refractivity contribution in [3.63, 3.8) is 0 Å². The number of ether oxygens (including phenoxy) is 3. The van der Waals surface area contributed by atoms with Crippen LogP contribution in [0.1, 0.15) is 65.3 Å². The third-order valence-corrected chi connectivity index (χ3v) is 7.50. The second-order valence-electron chi connectivity index (χ2n) is 9.49. The molecule has 0 aliphatic heterocycles. The number of nitrogens with one attached hydrogen (secondary N) is 2. The average Bonchev–Trinajstić information content (AvgIpc) is 3.17. The number of carbonyl (C=O) groups excluding carboxylic acids is 2. The largest absolute Gasteiger partial charge is 0.491 e. The molecule has 1 heterocycles. The summed E-state index contributed by atoms with van der Waals surface area (Å²) in [5.74, 6) is 0.335. The smallest absolute Gasteiger partial charge is 0.341 e. The molecule has 0 fully saturated rings. The first-order chi connectivity index (χ1) is 16.6. The molecule has 1 aliphatic rings. The molecule has 7 nitrogen and oxygen atoms in total. The van der Waals surface area contributed by atoms with Crippen LogP contribution in [-0.4, -0.2) is 43.9 Å².